The van der Waals surface area contributed by atoms with Crippen molar-refractivity contribution < 1.29 is 0 Å². The van der Waals surface area contributed by atoms with Crippen LogP contribution in [0.1, 0.15) is 19.7 Å². The molecule has 0 aliphatic heterocycles. The molecule has 1 N–H and O–H groups in total. The summed E-state index contributed by atoms with van der Waals surface area (Å²) in [5.74, 6) is 2.51. The van der Waals surface area contributed by atoms with Crippen molar-refractivity contribution in [3.8, 4) is 0 Å². The van der Waals surface area contributed by atoms with Gasteiger partial charge in [-0.05, 0) is 5.92 Å². The van der Waals surface area contributed by atoms with Crippen LogP contribution < -0.4 is 5.32 Å². The van der Waals surface area contributed by atoms with Gasteiger partial charge in [-0.2, -0.15) is 0 Å². The van der Waals surface area contributed by atoms with E-state index in [1.165, 1.54) is 0 Å². The zero-order valence-corrected chi connectivity index (χ0v) is 11.2. The lowest BCUT2D eigenvalue weighted by atomic mass is 10.2. The minimum Gasteiger partial charge on any atom is -0.355 e. The van der Waals surface area contributed by atoms with E-state index in [-0.39, 0.29) is 0 Å². The van der Waals surface area contributed by atoms with Crippen LogP contribution in [0, 0.1) is 5.92 Å². The average molecular weight is 248 g/mol. The van der Waals surface area contributed by atoms with Crippen molar-refractivity contribution in [2.24, 2.45) is 13.0 Å². The molecule has 0 radical (unpaired) electrons. The molecule has 2 aromatic rings. The highest BCUT2D eigenvalue weighted by Crippen LogP contribution is 2.08. The van der Waals surface area contributed by atoms with Crippen molar-refractivity contribution in [1.29, 1.82) is 0 Å². The minimum absolute atomic E-state index is 0.610. The van der Waals surface area contributed by atoms with Crippen molar-refractivity contribution >= 4 is 5.95 Å². The maximum atomic E-state index is 4.32. The molecule has 2 aromatic heterocycles. The monoisotopic (exact) mass is 248 g/mol. The van der Waals surface area contributed by atoms with E-state index in [0.29, 0.717) is 5.92 Å². The molecule has 6 heteroatoms. The highest BCUT2D eigenvalue weighted by Gasteiger charge is 2.05. The van der Waals surface area contributed by atoms with Gasteiger partial charge < -0.3 is 14.5 Å². The van der Waals surface area contributed by atoms with Crippen molar-refractivity contribution in [3.05, 3.63) is 24.5 Å². The smallest absolute Gasteiger partial charge is 0.202 e. The van der Waals surface area contributed by atoms with Crippen LogP contribution in [0.3, 0.4) is 0 Å². The fourth-order valence-electron chi connectivity index (χ4n) is 1.84. The molecule has 0 atom stereocenters. The third kappa shape index (κ3) is 3.09. The molecule has 0 bridgehead atoms. The number of nitrogens with zero attached hydrogens (tertiary/aromatic N) is 5. The van der Waals surface area contributed by atoms with Gasteiger partial charge in [-0.1, -0.05) is 13.8 Å². The number of anilines is 1. The Balaban J connectivity index is 1.87. The average Bonchev–Trinajstić information content (AvgIpc) is 2.89. The number of aryl methyl sites for hydroxylation is 1. The zero-order chi connectivity index (χ0) is 13.0. The molecule has 0 aromatic carbocycles. The molecule has 0 fully saturated rings. The summed E-state index contributed by atoms with van der Waals surface area (Å²) in [4.78, 5) is 4.32. The van der Waals surface area contributed by atoms with Gasteiger partial charge in [0.25, 0.3) is 0 Å². The van der Waals surface area contributed by atoms with Crippen molar-refractivity contribution in [1.82, 2.24) is 24.3 Å². The molecular weight excluding hydrogens is 228 g/mol. The van der Waals surface area contributed by atoms with Gasteiger partial charge in [-0.15, -0.1) is 10.2 Å². The van der Waals surface area contributed by atoms with E-state index in [2.05, 4.69) is 38.9 Å². The predicted octanol–water partition coefficient (Wildman–Crippen LogP) is 1.32. The molecule has 0 saturated carbocycles. The predicted molar refractivity (Wildman–Crippen MR) is 70.3 cm³/mol. The normalized spacial score (nSPS) is 11.1. The van der Waals surface area contributed by atoms with E-state index in [4.69, 9.17) is 0 Å². The van der Waals surface area contributed by atoms with Gasteiger partial charge in [0.05, 0.1) is 0 Å². The maximum Gasteiger partial charge on any atom is 0.202 e. The largest absolute Gasteiger partial charge is 0.355 e. The van der Waals surface area contributed by atoms with Gasteiger partial charge in [0.15, 0.2) is 0 Å². The summed E-state index contributed by atoms with van der Waals surface area (Å²) in [5, 5.41) is 11.2. The molecule has 0 amide bonds. The standard InChI is InChI=1S/C12H20N6/c1-10(2)8-18-7-6-14-12(18)13-5-4-11-16-15-9-17(11)3/h6-7,9-10H,4-5,8H2,1-3H3,(H,13,14). The van der Waals surface area contributed by atoms with E-state index < -0.39 is 0 Å². The minimum atomic E-state index is 0.610. The fourth-order valence-corrected chi connectivity index (χ4v) is 1.84. The van der Waals surface area contributed by atoms with E-state index in [0.717, 1.165) is 31.3 Å². The molecule has 2 heterocycles. The molecule has 0 aliphatic rings. The second kappa shape index (κ2) is 5.66. The highest BCUT2D eigenvalue weighted by atomic mass is 15.3. The SMILES string of the molecule is CC(C)Cn1ccnc1NCCc1nncn1C. The van der Waals surface area contributed by atoms with Crippen LogP contribution in [0.5, 0.6) is 0 Å². The van der Waals surface area contributed by atoms with E-state index in [1.54, 1.807) is 6.33 Å². The topological polar surface area (TPSA) is 60.6 Å². The Kier molecular flexibility index (Phi) is 3.96. The van der Waals surface area contributed by atoms with Crippen LogP contribution in [0.15, 0.2) is 18.7 Å². The third-order valence-electron chi connectivity index (χ3n) is 2.71. The first-order valence-corrected chi connectivity index (χ1v) is 6.24. The molecule has 18 heavy (non-hydrogen) atoms. The van der Waals surface area contributed by atoms with Crippen LogP contribution in [0.4, 0.5) is 5.95 Å². The molecule has 0 unspecified atom stereocenters. The summed E-state index contributed by atoms with van der Waals surface area (Å²) in [5.41, 5.74) is 0. The quantitative estimate of drug-likeness (QED) is 0.837. The highest BCUT2D eigenvalue weighted by molar-refractivity contribution is 5.25. The van der Waals surface area contributed by atoms with Crippen LogP contribution in [0.2, 0.25) is 0 Å². The molecule has 0 saturated heterocycles. The number of hydrogen-bond acceptors (Lipinski definition) is 4. The summed E-state index contributed by atoms with van der Waals surface area (Å²) in [6.45, 7) is 6.18. The number of hydrogen-bond donors (Lipinski definition) is 1. The number of nitrogens with one attached hydrogen (secondary N) is 1. The van der Waals surface area contributed by atoms with Gasteiger partial charge in [0.1, 0.15) is 12.2 Å². The summed E-state index contributed by atoms with van der Waals surface area (Å²) < 4.78 is 4.07. The molecule has 2 rings (SSSR count). The van der Waals surface area contributed by atoms with Crippen molar-refractivity contribution in [2.45, 2.75) is 26.8 Å². The van der Waals surface area contributed by atoms with Crippen LogP contribution in [-0.4, -0.2) is 30.9 Å². The second-order valence-electron chi connectivity index (χ2n) is 4.83. The lowest BCUT2D eigenvalue weighted by Gasteiger charge is -2.11. The Hall–Kier alpha value is -1.85. The Labute approximate surface area is 107 Å². The van der Waals surface area contributed by atoms with Gasteiger partial charge in [0.2, 0.25) is 5.95 Å². The molecule has 0 aliphatic carbocycles. The van der Waals surface area contributed by atoms with Crippen molar-refractivity contribution in [2.75, 3.05) is 11.9 Å². The lowest BCUT2D eigenvalue weighted by molar-refractivity contribution is 0.526. The van der Waals surface area contributed by atoms with Crippen molar-refractivity contribution in [3.63, 3.8) is 0 Å². The first kappa shape index (κ1) is 12.6. The first-order chi connectivity index (χ1) is 8.66. The van der Waals surface area contributed by atoms with Gasteiger partial charge in [0, 0.05) is 39.0 Å². The molecule has 98 valence electrons. The third-order valence-corrected chi connectivity index (χ3v) is 2.71. The summed E-state index contributed by atoms with van der Waals surface area (Å²) >= 11 is 0. The van der Waals surface area contributed by atoms with Gasteiger partial charge >= 0.3 is 0 Å². The Morgan fingerprint density at radius 2 is 2.22 bits per heavy atom. The van der Waals surface area contributed by atoms with Gasteiger partial charge in [-0.25, -0.2) is 4.98 Å². The summed E-state index contributed by atoms with van der Waals surface area (Å²) in [6, 6.07) is 0. The number of aromatic nitrogens is 5. The second-order valence-corrected chi connectivity index (χ2v) is 4.83. The summed E-state index contributed by atoms with van der Waals surface area (Å²) in [7, 11) is 1.95. The Morgan fingerprint density at radius 3 is 2.89 bits per heavy atom. The van der Waals surface area contributed by atoms with Gasteiger partial charge in [-0.3, -0.25) is 0 Å². The first-order valence-electron chi connectivity index (χ1n) is 6.24. The van der Waals surface area contributed by atoms with E-state index in [9.17, 15) is 0 Å². The molecular formula is C12H20N6. The molecule has 6 nitrogen and oxygen atoms in total. The fraction of sp³-hybridized carbons (Fsp3) is 0.583. The van der Waals surface area contributed by atoms with Crippen LogP contribution >= 0.6 is 0 Å². The van der Waals surface area contributed by atoms with E-state index in [1.807, 2.05) is 24.0 Å². The van der Waals surface area contributed by atoms with Crippen LogP contribution in [-0.2, 0) is 20.0 Å². The van der Waals surface area contributed by atoms with E-state index >= 15 is 0 Å². The number of rotatable bonds is 6. The maximum absolute atomic E-state index is 4.32. The number of imidazole rings is 1. The Morgan fingerprint density at radius 1 is 1.39 bits per heavy atom. The molecule has 0 spiro atoms. The Bertz CT molecular complexity index is 484. The zero-order valence-electron chi connectivity index (χ0n) is 11.2. The van der Waals surface area contributed by atoms with Crippen LogP contribution in [0.25, 0.3) is 0 Å². The lowest BCUT2D eigenvalue weighted by Crippen LogP contribution is -2.14. The summed E-state index contributed by atoms with van der Waals surface area (Å²) in [6.07, 6.45) is 6.39.